The number of aromatic nitrogens is 1. The van der Waals surface area contributed by atoms with Crippen LogP contribution >= 0.6 is 0 Å². The highest BCUT2D eigenvalue weighted by molar-refractivity contribution is 5.94. The molecule has 1 aromatic heterocycles. The first kappa shape index (κ1) is 13.1. The van der Waals surface area contributed by atoms with Crippen LogP contribution in [0.5, 0.6) is 5.75 Å². The predicted molar refractivity (Wildman–Crippen MR) is 73.1 cm³/mol. The first-order valence-electron chi connectivity index (χ1n) is 6.13. The van der Waals surface area contributed by atoms with Gasteiger partial charge in [0.2, 0.25) is 0 Å². The molecule has 98 valence electrons. The van der Waals surface area contributed by atoms with Gasteiger partial charge in [0.05, 0.1) is 11.8 Å². The minimum Gasteiger partial charge on any atom is -0.506 e. The van der Waals surface area contributed by atoms with E-state index in [4.69, 9.17) is 0 Å². The Hall–Kier alpha value is -2.36. The van der Waals surface area contributed by atoms with Crippen molar-refractivity contribution in [3.05, 3.63) is 59.4 Å². The zero-order chi connectivity index (χ0) is 13.7. The summed E-state index contributed by atoms with van der Waals surface area (Å²) in [6.07, 6.45) is 3.51. The summed E-state index contributed by atoms with van der Waals surface area (Å²) < 4.78 is 0. The smallest absolute Gasteiger partial charge is 0.252 e. The molecule has 0 aliphatic heterocycles. The number of aryl methyl sites for hydroxylation is 1. The van der Waals surface area contributed by atoms with E-state index in [1.165, 1.54) is 29.6 Å². The Balaban J connectivity index is 1.90. The number of amides is 1. The third-order valence-electron chi connectivity index (χ3n) is 2.93. The molecule has 4 heteroatoms. The molecule has 2 aromatic rings. The normalized spacial score (nSPS) is 10.2. The molecular formula is C15H16N2O2. The maximum atomic E-state index is 11.8. The predicted octanol–water partition coefficient (Wildman–Crippen LogP) is 2.07. The summed E-state index contributed by atoms with van der Waals surface area (Å²) in [6, 6.07) is 9.49. The molecule has 0 spiro atoms. The Morgan fingerprint density at radius 3 is 2.84 bits per heavy atom. The van der Waals surface area contributed by atoms with Gasteiger partial charge in [-0.3, -0.25) is 9.78 Å². The molecule has 0 atom stereocenters. The van der Waals surface area contributed by atoms with E-state index in [0.717, 1.165) is 6.42 Å². The van der Waals surface area contributed by atoms with Crippen LogP contribution < -0.4 is 5.32 Å². The molecule has 0 aliphatic rings. The van der Waals surface area contributed by atoms with Crippen LogP contribution in [0.1, 0.15) is 21.5 Å². The summed E-state index contributed by atoms with van der Waals surface area (Å²) in [5.74, 6) is -0.233. The summed E-state index contributed by atoms with van der Waals surface area (Å²) in [5, 5.41) is 12.1. The topological polar surface area (TPSA) is 62.2 Å². The van der Waals surface area contributed by atoms with Crippen LogP contribution in [0.25, 0.3) is 0 Å². The van der Waals surface area contributed by atoms with Gasteiger partial charge in [-0.1, -0.05) is 24.3 Å². The quantitative estimate of drug-likeness (QED) is 0.880. The highest BCUT2D eigenvalue weighted by Gasteiger charge is 2.06. The van der Waals surface area contributed by atoms with E-state index in [1.54, 1.807) is 0 Å². The zero-order valence-electron chi connectivity index (χ0n) is 10.8. The van der Waals surface area contributed by atoms with Crippen molar-refractivity contribution >= 4 is 5.91 Å². The van der Waals surface area contributed by atoms with Crippen molar-refractivity contribution in [3.63, 3.8) is 0 Å². The van der Waals surface area contributed by atoms with Gasteiger partial charge < -0.3 is 10.4 Å². The first-order valence-corrected chi connectivity index (χ1v) is 6.13. The monoisotopic (exact) mass is 256 g/mol. The number of rotatable bonds is 4. The minimum absolute atomic E-state index is 0.00782. The molecule has 0 saturated heterocycles. The molecule has 2 rings (SSSR count). The summed E-state index contributed by atoms with van der Waals surface area (Å²) >= 11 is 0. The lowest BCUT2D eigenvalue weighted by atomic mass is 10.1. The number of benzene rings is 1. The summed E-state index contributed by atoms with van der Waals surface area (Å²) in [6.45, 7) is 2.61. The van der Waals surface area contributed by atoms with Crippen molar-refractivity contribution in [2.45, 2.75) is 13.3 Å². The molecule has 0 unspecified atom stereocenters. The van der Waals surface area contributed by atoms with Gasteiger partial charge in [0.1, 0.15) is 5.75 Å². The molecule has 4 nitrogen and oxygen atoms in total. The van der Waals surface area contributed by atoms with Crippen LogP contribution in [-0.2, 0) is 6.42 Å². The molecule has 0 bridgehead atoms. The summed E-state index contributed by atoms with van der Waals surface area (Å²) in [7, 11) is 0. The first-order chi connectivity index (χ1) is 9.16. The fraction of sp³-hybridized carbons (Fsp3) is 0.200. The Bertz CT molecular complexity index is 582. The molecule has 19 heavy (non-hydrogen) atoms. The van der Waals surface area contributed by atoms with Gasteiger partial charge in [-0.25, -0.2) is 0 Å². The van der Waals surface area contributed by atoms with Gasteiger partial charge in [-0.2, -0.15) is 0 Å². The van der Waals surface area contributed by atoms with Gasteiger partial charge >= 0.3 is 0 Å². The fourth-order valence-electron chi connectivity index (χ4n) is 1.86. The lowest BCUT2D eigenvalue weighted by molar-refractivity contribution is 0.0953. The maximum Gasteiger partial charge on any atom is 0.252 e. The van der Waals surface area contributed by atoms with Gasteiger partial charge in [0.15, 0.2) is 0 Å². The van der Waals surface area contributed by atoms with Crippen LogP contribution in [0.2, 0.25) is 0 Å². The summed E-state index contributed by atoms with van der Waals surface area (Å²) in [4.78, 5) is 15.6. The van der Waals surface area contributed by atoms with Crippen LogP contribution in [0.4, 0.5) is 0 Å². The lowest BCUT2D eigenvalue weighted by Crippen LogP contribution is -2.25. The fourth-order valence-corrected chi connectivity index (χ4v) is 1.86. The molecule has 0 fully saturated rings. The highest BCUT2D eigenvalue weighted by Crippen LogP contribution is 2.09. The van der Waals surface area contributed by atoms with Crippen molar-refractivity contribution in [3.8, 4) is 5.75 Å². The molecule has 1 aromatic carbocycles. The number of hydrogen-bond donors (Lipinski definition) is 2. The lowest BCUT2D eigenvalue weighted by Gasteiger charge is -2.07. The average Bonchev–Trinajstić information content (AvgIpc) is 2.41. The Labute approximate surface area is 112 Å². The number of nitrogens with zero attached hydrogens (tertiary/aromatic N) is 1. The molecule has 0 aliphatic carbocycles. The van der Waals surface area contributed by atoms with Crippen LogP contribution in [0.3, 0.4) is 0 Å². The largest absolute Gasteiger partial charge is 0.506 e. The molecule has 1 amide bonds. The van der Waals surface area contributed by atoms with Gasteiger partial charge in [0.25, 0.3) is 5.91 Å². The van der Waals surface area contributed by atoms with E-state index in [-0.39, 0.29) is 11.7 Å². The van der Waals surface area contributed by atoms with Gasteiger partial charge in [-0.15, -0.1) is 0 Å². The highest BCUT2D eigenvalue weighted by atomic mass is 16.3. The van der Waals surface area contributed by atoms with Gasteiger partial charge in [0, 0.05) is 12.7 Å². The summed E-state index contributed by atoms with van der Waals surface area (Å²) in [5.41, 5.74) is 2.80. The number of aromatic hydroxyl groups is 1. The SMILES string of the molecule is Cc1ccccc1CCNC(=O)c1cncc(O)c1. The number of pyridine rings is 1. The minimum atomic E-state index is -0.225. The van der Waals surface area contributed by atoms with Gasteiger partial charge in [-0.05, 0) is 30.5 Å². The van der Waals surface area contributed by atoms with Crippen molar-refractivity contribution < 1.29 is 9.90 Å². The van der Waals surface area contributed by atoms with E-state index >= 15 is 0 Å². The second-order valence-electron chi connectivity index (χ2n) is 4.36. The van der Waals surface area contributed by atoms with E-state index in [0.29, 0.717) is 12.1 Å². The third-order valence-corrected chi connectivity index (χ3v) is 2.93. The van der Waals surface area contributed by atoms with Crippen LogP contribution in [0.15, 0.2) is 42.7 Å². The zero-order valence-corrected chi connectivity index (χ0v) is 10.8. The van der Waals surface area contributed by atoms with E-state index in [9.17, 15) is 9.90 Å². The van der Waals surface area contributed by atoms with E-state index in [2.05, 4.69) is 29.4 Å². The van der Waals surface area contributed by atoms with E-state index < -0.39 is 0 Å². The van der Waals surface area contributed by atoms with Crippen molar-refractivity contribution in [2.24, 2.45) is 0 Å². The number of carbonyl (C=O) groups is 1. The van der Waals surface area contributed by atoms with Crippen molar-refractivity contribution in [1.29, 1.82) is 0 Å². The van der Waals surface area contributed by atoms with Crippen molar-refractivity contribution in [1.82, 2.24) is 10.3 Å². The molecular weight excluding hydrogens is 240 g/mol. The van der Waals surface area contributed by atoms with Crippen molar-refractivity contribution in [2.75, 3.05) is 6.54 Å². The number of hydrogen-bond acceptors (Lipinski definition) is 3. The molecule has 0 saturated carbocycles. The maximum absolute atomic E-state index is 11.8. The second-order valence-corrected chi connectivity index (χ2v) is 4.36. The van der Waals surface area contributed by atoms with Crippen LogP contribution in [0, 0.1) is 6.92 Å². The number of nitrogens with one attached hydrogen (secondary N) is 1. The molecule has 1 heterocycles. The standard InChI is InChI=1S/C15H16N2O2/c1-11-4-2-3-5-12(11)6-7-17-15(19)13-8-14(18)10-16-9-13/h2-5,8-10,18H,6-7H2,1H3,(H,17,19). The molecule has 0 radical (unpaired) electrons. The Kier molecular flexibility index (Phi) is 4.13. The molecule has 2 N–H and O–H groups in total. The second kappa shape index (κ2) is 6.00. The van der Waals surface area contributed by atoms with E-state index in [1.807, 2.05) is 12.1 Å². The number of carbonyl (C=O) groups excluding carboxylic acids is 1. The average molecular weight is 256 g/mol. The van der Waals surface area contributed by atoms with Crippen LogP contribution in [-0.4, -0.2) is 22.5 Å². The Morgan fingerprint density at radius 1 is 1.32 bits per heavy atom. The Morgan fingerprint density at radius 2 is 2.11 bits per heavy atom. The third kappa shape index (κ3) is 3.55.